The van der Waals surface area contributed by atoms with Crippen molar-refractivity contribution >= 4 is 40.2 Å². The highest BCUT2D eigenvalue weighted by Gasteiger charge is 2.12. The first-order valence-electron chi connectivity index (χ1n) is 8.25. The van der Waals surface area contributed by atoms with Crippen molar-refractivity contribution in [2.24, 2.45) is 0 Å². The molecule has 0 radical (unpaired) electrons. The van der Waals surface area contributed by atoms with Crippen LogP contribution in [-0.2, 0) is 6.42 Å². The molecule has 27 heavy (non-hydrogen) atoms. The summed E-state index contributed by atoms with van der Waals surface area (Å²) in [4.78, 5) is 18.9. The highest BCUT2D eigenvalue weighted by molar-refractivity contribution is 6.36. The van der Waals surface area contributed by atoms with Gasteiger partial charge in [0.05, 0.1) is 5.56 Å². The lowest BCUT2D eigenvalue weighted by molar-refractivity contribution is 0.0697. The Morgan fingerprint density at radius 1 is 1.04 bits per heavy atom. The normalized spacial score (nSPS) is 11.0. The Labute approximate surface area is 165 Å². The number of fused-ring (bicyclic) bond motifs is 1. The number of nitrogens with one attached hydrogen (secondary N) is 1. The minimum absolute atomic E-state index is 0.240. The summed E-state index contributed by atoms with van der Waals surface area (Å²) in [5.74, 6) is -0.957. The number of carboxylic acid groups (broad SMARTS) is 1. The first-order valence-corrected chi connectivity index (χ1v) is 9.01. The largest absolute Gasteiger partial charge is 0.478 e. The van der Waals surface area contributed by atoms with Crippen LogP contribution in [0.1, 0.15) is 21.5 Å². The molecule has 0 amide bonds. The SMILES string of the molecule is O=C(O)c1cccc(-c2cnc3[nH]cc(Cc4c(Cl)cccc4Cl)c3c2)c1. The van der Waals surface area contributed by atoms with E-state index in [1.165, 1.54) is 0 Å². The van der Waals surface area contributed by atoms with Crippen LogP contribution in [0.4, 0.5) is 0 Å². The molecule has 134 valence electrons. The second-order valence-electron chi connectivity index (χ2n) is 6.20. The number of hydrogen-bond donors (Lipinski definition) is 2. The van der Waals surface area contributed by atoms with Crippen LogP contribution in [-0.4, -0.2) is 21.0 Å². The molecule has 0 aliphatic carbocycles. The summed E-state index contributed by atoms with van der Waals surface area (Å²) in [7, 11) is 0. The first kappa shape index (κ1) is 17.6. The Balaban J connectivity index is 1.78. The van der Waals surface area contributed by atoms with E-state index in [1.54, 1.807) is 24.4 Å². The molecule has 0 aliphatic rings. The van der Waals surface area contributed by atoms with Crippen LogP contribution >= 0.6 is 23.2 Å². The molecule has 2 heterocycles. The summed E-state index contributed by atoms with van der Waals surface area (Å²) < 4.78 is 0. The Kier molecular flexibility index (Phi) is 4.60. The number of benzene rings is 2. The number of aromatic nitrogens is 2. The van der Waals surface area contributed by atoms with Gasteiger partial charge in [-0.25, -0.2) is 9.78 Å². The lowest BCUT2D eigenvalue weighted by Gasteiger charge is -2.07. The fourth-order valence-electron chi connectivity index (χ4n) is 3.09. The van der Waals surface area contributed by atoms with Crippen LogP contribution in [0.15, 0.2) is 60.9 Å². The molecule has 0 unspecified atom stereocenters. The third-order valence-corrected chi connectivity index (χ3v) is 5.20. The number of halogens is 2. The van der Waals surface area contributed by atoms with Crippen molar-refractivity contribution in [2.75, 3.05) is 0 Å². The number of rotatable bonds is 4. The average Bonchev–Trinajstić information content (AvgIpc) is 3.07. The molecular formula is C21H14Cl2N2O2. The van der Waals surface area contributed by atoms with Gasteiger partial charge in [0.2, 0.25) is 0 Å². The molecule has 4 nitrogen and oxygen atoms in total. The third kappa shape index (κ3) is 3.42. The molecule has 0 spiro atoms. The summed E-state index contributed by atoms with van der Waals surface area (Å²) >= 11 is 12.6. The van der Waals surface area contributed by atoms with Gasteiger partial charge in [-0.15, -0.1) is 0 Å². The molecular weight excluding hydrogens is 383 g/mol. The second-order valence-corrected chi connectivity index (χ2v) is 7.01. The van der Waals surface area contributed by atoms with E-state index in [-0.39, 0.29) is 5.56 Å². The molecule has 0 saturated heterocycles. The number of pyridine rings is 1. The van der Waals surface area contributed by atoms with Crippen molar-refractivity contribution in [1.29, 1.82) is 0 Å². The van der Waals surface area contributed by atoms with E-state index >= 15 is 0 Å². The van der Waals surface area contributed by atoms with Gasteiger partial charge in [0.15, 0.2) is 0 Å². The number of nitrogens with zero attached hydrogens (tertiary/aromatic N) is 1. The Bertz CT molecular complexity index is 1150. The molecule has 4 rings (SSSR count). The number of hydrogen-bond acceptors (Lipinski definition) is 2. The van der Waals surface area contributed by atoms with E-state index in [4.69, 9.17) is 23.2 Å². The zero-order valence-electron chi connectivity index (χ0n) is 14.0. The highest BCUT2D eigenvalue weighted by Crippen LogP contribution is 2.31. The molecule has 2 N–H and O–H groups in total. The van der Waals surface area contributed by atoms with Crippen molar-refractivity contribution in [3.8, 4) is 11.1 Å². The third-order valence-electron chi connectivity index (χ3n) is 4.49. The molecule has 6 heteroatoms. The summed E-state index contributed by atoms with van der Waals surface area (Å²) in [6.07, 6.45) is 4.19. The van der Waals surface area contributed by atoms with Gasteiger partial charge in [-0.2, -0.15) is 0 Å². The van der Waals surface area contributed by atoms with Crippen molar-refractivity contribution in [3.63, 3.8) is 0 Å². The molecule has 2 aromatic carbocycles. The zero-order valence-corrected chi connectivity index (χ0v) is 15.6. The monoisotopic (exact) mass is 396 g/mol. The minimum Gasteiger partial charge on any atom is -0.478 e. The Morgan fingerprint density at radius 2 is 1.78 bits per heavy atom. The fraction of sp³-hybridized carbons (Fsp3) is 0.0476. The lowest BCUT2D eigenvalue weighted by atomic mass is 10.0. The minimum atomic E-state index is -0.957. The number of aromatic amines is 1. The topological polar surface area (TPSA) is 66.0 Å². The zero-order chi connectivity index (χ0) is 19.0. The van der Waals surface area contributed by atoms with Crippen molar-refractivity contribution in [1.82, 2.24) is 9.97 Å². The van der Waals surface area contributed by atoms with E-state index in [2.05, 4.69) is 9.97 Å². The van der Waals surface area contributed by atoms with Crippen LogP contribution < -0.4 is 0 Å². The fourth-order valence-corrected chi connectivity index (χ4v) is 3.62. The van der Waals surface area contributed by atoms with Gasteiger partial charge in [0.25, 0.3) is 0 Å². The Hall–Kier alpha value is -2.82. The van der Waals surface area contributed by atoms with Gasteiger partial charge in [0, 0.05) is 39.8 Å². The van der Waals surface area contributed by atoms with E-state index in [0.29, 0.717) is 16.5 Å². The van der Waals surface area contributed by atoms with Gasteiger partial charge in [-0.1, -0.05) is 41.4 Å². The lowest BCUT2D eigenvalue weighted by Crippen LogP contribution is -1.96. The van der Waals surface area contributed by atoms with Crippen LogP contribution in [0, 0.1) is 0 Å². The van der Waals surface area contributed by atoms with Gasteiger partial charge < -0.3 is 10.1 Å². The van der Waals surface area contributed by atoms with Gasteiger partial charge in [-0.05, 0) is 47.0 Å². The standard InChI is InChI=1S/C21H14Cl2N2O2/c22-18-5-2-6-19(23)17(18)9-15-11-25-20-16(15)8-14(10-24-20)12-3-1-4-13(7-12)21(26)27/h1-8,10-11H,9H2,(H,24,25)(H,26,27). The molecule has 2 aromatic heterocycles. The smallest absolute Gasteiger partial charge is 0.335 e. The Morgan fingerprint density at radius 3 is 2.52 bits per heavy atom. The maximum absolute atomic E-state index is 11.2. The maximum Gasteiger partial charge on any atom is 0.335 e. The van der Waals surface area contributed by atoms with Gasteiger partial charge in [-0.3, -0.25) is 0 Å². The van der Waals surface area contributed by atoms with Crippen LogP contribution in [0.3, 0.4) is 0 Å². The van der Waals surface area contributed by atoms with Crippen LogP contribution in [0.5, 0.6) is 0 Å². The van der Waals surface area contributed by atoms with E-state index in [1.807, 2.05) is 36.5 Å². The predicted molar refractivity (Wildman–Crippen MR) is 108 cm³/mol. The molecule has 0 bridgehead atoms. The van der Waals surface area contributed by atoms with Crippen LogP contribution in [0.2, 0.25) is 10.0 Å². The highest BCUT2D eigenvalue weighted by atomic mass is 35.5. The number of aromatic carboxylic acids is 1. The molecule has 0 fully saturated rings. The molecule has 0 atom stereocenters. The predicted octanol–water partition coefficient (Wildman–Crippen LogP) is 5.83. The maximum atomic E-state index is 11.2. The van der Waals surface area contributed by atoms with Gasteiger partial charge >= 0.3 is 5.97 Å². The van der Waals surface area contributed by atoms with Crippen molar-refractivity contribution in [2.45, 2.75) is 6.42 Å². The van der Waals surface area contributed by atoms with Crippen LogP contribution in [0.25, 0.3) is 22.2 Å². The average molecular weight is 397 g/mol. The summed E-state index contributed by atoms with van der Waals surface area (Å²) in [6.45, 7) is 0. The first-order chi connectivity index (χ1) is 13.0. The summed E-state index contributed by atoms with van der Waals surface area (Å²) in [5.41, 5.74) is 4.52. The quantitative estimate of drug-likeness (QED) is 0.456. The van der Waals surface area contributed by atoms with Crippen molar-refractivity contribution < 1.29 is 9.90 Å². The second kappa shape index (κ2) is 7.06. The molecule has 0 aliphatic heterocycles. The number of carbonyl (C=O) groups is 1. The van der Waals surface area contributed by atoms with E-state index < -0.39 is 5.97 Å². The van der Waals surface area contributed by atoms with Gasteiger partial charge in [0.1, 0.15) is 5.65 Å². The van der Waals surface area contributed by atoms with E-state index in [0.717, 1.165) is 33.3 Å². The van der Waals surface area contributed by atoms with E-state index in [9.17, 15) is 9.90 Å². The number of H-pyrrole nitrogens is 1. The van der Waals surface area contributed by atoms with Crippen molar-refractivity contribution in [3.05, 3.63) is 87.7 Å². The number of carboxylic acids is 1. The summed E-state index contributed by atoms with van der Waals surface area (Å²) in [6, 6.07) is 14.3. The summed E-state index contributed by atoms with van der Waals surface area (Å²) in [5, 5.41) is 11.4. The molecule has 4 aromatic rings. The molecule has 0 saturated carbocycles.